The second-order valence-corrected chi connectivity index (χ2v) is 4.70. The number of phenolic OH excluding ortho intramolecular Hbond substituents is 1. The molecule has 17 heavy (non-hydrogen) atoms. The van der Waals surface area contributed by atoms with Crippen molar-refractivity contribution < 1.29 is 5.11 Å². The Bertz CT molecular complexity index is 691. The van der Waals surface area contributed by atoms with Crippen molar-refractivity contribution in [2.45, 2.75) is 0 Å². The summed E-state index contributed by atoms with van der Waals surface area (Å²) in [4.78, 5) is 0. The number of rotatable bonds is 1. The van der Waals surface area contributed by atoms with Gasteiger partial charge < -0.3 is 5.11 Å². The van der Waals surface area contributed by atoms with Crippen LogP contribution in [0.25, 0.3) is 16.6 Å². The van der Waals surface area contributed by atoms with Crippen molar-refractivity contribution in [3.05, 3.63) is 53.1 Å². The third kappa shape index (κ3) is 1.80. The first-order valence-electron chi connectivity index (χ1n) is 5.17. The Morgan fingerprint density at radius 1 is 1.12 bits per heavy atom. The molecule has 0 amide bonds. The zero-order valence-electron chi connectivity index (χ0n) is 8.84. The van der Waals surface area contributed by atoms with Gasteiger partial charge in [-0.1, -0.05) is 28.1 Å². The Hall–Kier alpha value is -1.81. The largest absolute Gasteiger partial charge is 0.508 e. The van der Waals surface area contributed by atoms with Gasteiger partial charge in [0, 0.05) is 15.9 Å². The van der Waals surface area contributed by atoms with Crippen LogP contribution in [0.1, 0.15) is 0 Å². The minimum atomic E-state index is 0.237. The smallest absolute Gasteiger partial charge is 0.117 e. The second kappa shape index (κ2) is 3.89. The first-order valence-corrected chi connectivity index (χ1v) is 5.96. The molecule has 3 rings (SSSR count). The quantitative estimate of drug-likeness (QED) is 0.744. The van der Waals surface area contributed by atoms with Crippen LogP contribution in [0.4, 0.5) is 0 Å². The normalized spacial score (nSPS) is 10.9. The molecule has 0 aliphatic heterocycles. The lowest BCUT2D eigenvalue weighted by molar-refractivity contribution is 0.475. The Kier molecular flexibility index (Phi) is 2.37. The summed E-state index contributed by atoms with van der Waals surface area (Å²) in [5.74, 6) is 0.237. The van der Waals surface area contributed by atoms with Crippen LogP contribution >= 0.6 is 15.9 Å². The van der Waals surface area contributed by atoms with Gasteiger partial charge in [-0.15, -0.1) is 0 Å². The van der Waals surface area contributed by atoms with Gasteiger partial charge in [0.25, 0.3) is 0 Å². The van der Waals surface area contributed by atoms with Gasteiger partial charge in [-0.2, -0.15) is 5.10 Å². The lowest BCUT2D eigenvalue weighted by atomic mass is 10.2. The fourth-order valence-electron chi connectivity index (χ4n) is 1.82. The molecule has 0 spiro atoms. The van der Waals surface area contributed by atoms with Crippen molar-refractivity contribution in [3.63, 3.8) is 0 Å². The molecule has 0 radical (unpaired) electrons. The Labute approximate surface area is 106 Å². The molecule has 84 valence electrons. The second-order valence-electron chi connectivity index (χ2n) is 3.78. The summed E-state index contributed by atoms with van der Waals surface area (Å²) in [6.45, 7) is 0. The van der Waals surface area contributed by atoms with Crippen LogP contribution in [0.3, 0.4) is 0 Å². The van der Waals surface area contributed by atoms with E-state index >= 15 is 0 Å². The molecule has 0 saturated heterocycles. The maximum atomic E-state index is 9.49. The first-order chi connectivity index (χ1) is 8.24. The molecule has 1 N–H and O–H groups in total. The minimum Gasteiger partial charge on any atom is -0.508 e. The van der Waals surface area contributed by atoms with Crippen molar-refractivity contribution in [1.29, 1.82) is 0 Å². The fourth-order valence-corrected chi connectivity index (χ4v) is 2.17. The van der Waals surface area contributed by atoms with Gasteiger partial charge in [0.2, 0.25) is 0 Å². The van der Waals surface area contributed by atoms with E-state index in [4.69, 9.17) is 0 Å². The van der Waals surface area contributed by atoms with Crippen LogP contribution in [0.15, 0.2) is 53.1 Å². The third-order valence-electron chi connectivity index (χ3n) is 2.61. The molecule has 0 saturated carbocycles. The van der Waals surface area contributed by atoms with Crippen LogP contribution in [-0.2, 0) is 0 Å². The van der Waals surface area contributed by atoms with Gasteiger partial charge in [-0.3, -0.25) is 0 Å². The molecule has 3 aromatic rings. The number of nitrogens with zero attached hydrogens (tertiary/aromatic N) is 2. The number of phenols is 1. The van der Waals surface area contributed by atoms with Crippen molar-refractivity contribution in [2.24, 2.45) is 0 Å². The first kappa shape index (κ1) is 10.4. The van der Waals surface area contributed by atoms with Crippen molar-refractivity contribution in [2.75, 3.05) is 0 Å². The number of benzene rings is 2. The van der Waals surface area contributed by atoms with Crippen molar-refractivity contribution in [3.8, 4) is 11.4 Å². The number of hydrogen-bond acceptors (Lipinski definition) is 2. The molecule has 4 heteroatoms. The van der Waals surface area contributed by atoms with Gasteiger partial charge in [0.15, 0.2) is 0 Å². The van der Waals surface area contributed by atoms with Crippen LogP contribution in [-0.4, -0.2) is 14.9 Å². The van der Waals surface area contributed by atoms with Crippen LogP contribution < -0.4 is 0 Å². The summed E-state index contributed by atoms with van der Waals surface area (Å²) < 4.78 is 2.81. The Balaban J connectivity index is 2.27. The zero-order valence-corrected chi connectivity index (χ0v) is 10.4. The maximum Gasteiger partial charge on any atom is 0.117 e. The minimum absolute atomic E-state index is 0.237. The van der Waals surface area contributed by atoms with Gasteiger partial charge in [0.1, 0.15) is 5.75 Å². The molecule has 0 bridgehead atoms. The third-order valence-corrected chi connectivity index (χ3v) is 3.10. The number of aromatic nitrogens is 2. The molecule has 0 atom stereocenters. The molecular formula is C13H9BrN2O. The van der Waals surface area contributed by atoms with Crippen LogP contribution in [0.5, 0.6) is 5.75 Å². The SMILES string of the molecule is Oc1cccc(-n2ncc3ccc(Br)cc32)c1. The van der Waals surface area contributed by atoms with Crippen LogP contribution in [0, 0.1) is 0 Å². The lowest BCUT2D eigenvalue weighted by Crippen LogP contribution is -1.95. The van der Waals surface area contributed by atoms with Gasteiger partial charge in [0.05, 0.1) is 17.4 Å². The Morgan fingerprint density at radius 3 is 2.82 bits per heavy atom. The maximum absolute atomic E-state index is 9.49. The fraction of sp³-hybridized carbons (Fsp3) is 0. The molecule has 0 aliphatic rings. The number of fused-ring (bicyclic) bond motifs is 1. The van der Waals surface area contributed by atoms with E-state index in [0.717, 1.165) is 21.1 Å². The predicted octanol–water partition coefficient (Wildman–Crippen LogP) is 3.49. The number of aromatic hydroxyl groups is 1. The summed E-state index contributed by atoms with van der Waals surface area (Å²) >= 11 is 3.45. The highest BCUT2D eigenvalue weighted by atomic mass is 79.9. The molecular weight excluding hydrogens is 280 g/mol. The predicted molar refractivity (Wildman–Crippen MR) is 70.4 cm³/mol. The van der Waals surface area contributed by atoms with Crippen LogP contribution in [0.2, 0.25) is 0 Å². The number of hydrogen-bond donors (Lipinski definition) is 1. The summed E-state index contributed by atoms with van der Waals surface area (Å²) in [6, 6.07) is 13.0. The van der Waals surface area contributed by atoms with E-state index in [0.29, 0.717) is 0 Å². The summed E-state index contributed by atoms with van der Waals surface area (Å²) in [6.07, 6.45) is 1.81. The molecule has 0 aliphatic carbocycles. The van der Waals surface area contributed by atoms with E-state index in [-0.39, 0.29) is 5.75 Å². The van der Waals surface area contributed by atoms with Crippen molar-refractivity contribution >= 4 is 26.8 Å². The molecule has 1 aromatic heterocycles. The topological polar surface area (TPSA) is 38.0 Å². The van der Waals surface area contributed by atoms with Gasteiger partial charge in [-0.05, 0) is 24.3 Å². The van der Waals surface area contributed by atoms with E-state index < -0.39 is 0 Å². The highest BCUT2D eigenvalue weighted by Gasteiger charge is 2.05. The summed E-state index contributed by atoms with van der Waals surface area (Å²) in [5, 5.41) is 14.9. The average Bonchev–Trinajstić information content (AvgIpc) is 2.71. The standard InChI is InChI=1S/C13H9BrN2O/c14-10-5-4-9-8-15-16(13(9)6-10)11-2-1-3-12(17)7-11/h1-8,17H. The molecule has 1 heterocycles. The monoisotopic (exact) mass is 288 g/mol. The van der Waals surface area contributed by atoms with Gasteiger partial charge >= 0.3 is 0 Å². The summed E-state index contributed by atoms with van der Waals surface area (Å²) in [7, 11) is 0. The highest BCUT2D eigenvalue weighted by molar-refractivity contribution is 9.10. The molecule has 0 unspecified atom stereocenters. The lowest BCUT2D eigenvalue weighted by Gasteiger charge is -2.04. The van der Waals surface area contributed by atoms with Crippen molar-refractivity contribution in [1.82, 2.24) is 9.78 Å². The van der Waals surface area contributed by atoms with E-state index in [9.17, 15) is 5.11 Å². The van der Waals surface area contributed by atoms with Gasteiger partial charge in [-0.25, -0.2) is 4.68 Å². The molecule has 0 fully saturated rings. The average molecular weight is 289 g/mol. The summed E-state index contributed by atoms with van der Waals surface area (Å²) in [5.41, 5.74) is 1.85. The van der Waals surface area contributed by atoms with E-state index in [1.54, 1.807) is 22.9 Å². The number of halogens is 1. The van der Waals surface area contributed by atoms with E-state index in [1.165, 1.54) is 0 Å². The Morgan fingerprint density at radius 2 is 2.00 bits per heavy atom. The van der Waals surface area contributed by atoms with E-state index in [2.05, 4.69) is 21.0 Å². The zero-order chi connectivity index (χ0) is 11.8. The highest BCUT2D eigenvalue weighted by Crippen LogP contribution is 2.23. The molecule has 3 nitrogen and oxygen atoms in total. The van der Waals surface area contributed by atoms with E-state index in [1.807, 2.05) is 30.5 Å². The molecule has 2 aromatic carbocycles.